The first kappa shape index (κ1) is 16.6. The summed E-state index contributed by atoms with van der Waals surface area (Å²) in [6.07, 6.45) is 2.19. The molecule has 0 aromatic carbocycles. The van der Waals surface area contributed by atoms with E-state index >= 15 is 0 Å². The predicted molar refractivity (Wildman–Crippen MR) is 92.6 cm³/mol. The molecule has 0 unspecified atom stereocenters. The highest BCUT2D eigenvalue weighted by molar-refractivity contribution is 7.09. The van der Waals surface area contributed by atoms with Crippen LogP contribution in [0.25, 0.3) is 0 Å². The van der Waals surface area contributed by atoms with Crippen LogP contribution in [0.4, 0.5) is 0 Å². The van der Waals surface area contributed by atoms with Crippen molar-refractivity contribution < 1.29 is 4.52 Å². The number of thiazole rings is 1. The summed E-state index contributed by atoms with van der Waals surface area (Å²) in [5, 5.41) is 7.68. The van der Waals surface area contributed by atoms with Gasteiger partial charge in [-0.1, -0.05) is 12.1 Å². The molecule has 1 N–H and O–H groups in total. The molecule has 23 heavy (non-hydrogen) atoms. The van der Waals surface area contributed by atoms with Gasteiger partial charge in [0, 0.05) is 30.1 Å². The van der Waals surface area contributed by atoms with Crippen molar-refractivity contribution in [2.75, 3.05) is 19.6 Å². The number of aryl methyl sites for hydroxylation is 3. The van der Waals surface area contributed by atoms with Crippen molar-refractivity contribution in [2.45, 2.75) is 46.7 Å². The van der Waals surface area contributed by atoms with E-state index in [1.54, 1.807) is 11.3 Å². The second-order valence-corrected chi connectivity index (χ2v) is 7.35. The lowest BCUT2D eigenvalue weighted by Crippen LogP contribution is -2.30. The lowest BCUT2D eigenvalue weighted by atomic mass is 10.1. The minimum Gasteiger partial charge on any atom is -0.361 e. The summed E-state index contributed by atoms with van der Waals surface area (Å²) in [6.45, 7) is 11.5. The molecular formula is C17H26N4OS. The Morgan fingerprint density at radius 1 is 1.39 bits per heavy atom. The molecule has 6 heteroatoms. The zero-order valence-corrected chi connectivity index (χ0v) is 15.1. The Balaban J connectivity index is 1.76. The van der Waals surface area contributed by atoms with Crippen molar-refractivity contribution >= 4 is 11.3 Å². The number of aromatic nitrogens is 2. The normalized spacial score (nSPS) is 18.2. The van der Waals surface area contributed by atoms with E-state index in [0.717, 1.165) is 62.2 Å². The van der Waals surface area contributed by atoms with E-state index in [1.807, 2.05) is 12.4 Å². The van der Waals surface area contributed by atoms with Gasteiger partial charge < -0.3 is 9.84 Å². The topological polar surface area (TPSA) is 54.2 Å². The van der Waals surface area contributed by atoms with E-state index < -0.39 is 0 Å². The molecule has 2 aromatic rings. The van der Waals surface area contributed by atoms with Crippen LogP contribution in [0.2, 0.25) is 0 Å². The molecule has 0 spiro atoms. The van der Waals surface area contributed by atoms with Crippen LogP contribution in [-0.2, 0) is 19.5 Å². The Kier molecular flexibility index (Phi) is 5.46. The van der Waals surface area contributed by atoms with Crippen molar-refractivity contribution in [1.29, 1.82) is 0 Å². The molecule has 1 aliphatic heterocycles. The maximum absolute atomic E-state index is 5.42. The minimum atomic E-state index is 0.730. The second kappa shape index (κ2) is 7.55. The number of rotatable bonds is 7. The van der Waals surface area contributed by atoms with Crippen LogP contribution < -0.4 is 5.32 Å². The highest BCUT2D eigenvalue weighted by Gasteiger charge is 2.22. The number of nitrogens with one attached hydrogen (secondary N) is 1. The maximum atomic E-state index is 5.42. The lowest BCUT2D eigenvalue weighted by molar-refractivity contribution is 0.220. The SMILES string of the molecule is CCc1noc(C)c1CN(Cc1scnc1C)C[C@H]1CCNC1. The van der Waals surface area contributed by atoms with Crippen molar-refractivity contribution in [3.05, 3.63) is 33.1 Å². The van der Waals surface area contributed by atoms with E-state index in [1.165, 1.54) is 16.9 Å². The van der Waals surface area contributed by atoms with Gasteiger partial charge in [0.1, 0.15) is 5.76 Å². The first-order chi connectivity index (χ1) is 11.2. The monoisotopic (exact) mass is 334 g/mol. The van der Waals surface area contributed by atoms with Crippen molar-refractivity contribution in [1.82, 2.24) is 20.4 Å². The molecule has 126 valence electrons. The fourth-order valence-electron chi connectivity index (χ4n) is 3.24. The predicted octanol–water partition coefficient (Wildman–Crippen LogP) is 2.92. The molecule has 0 aliphatic carbocycles. The molecule has 5 nitrogen and oxygen atoms in total. The van der Waals surface area contributed by atoms with Gasteiger partial charge in [-0.3, -0.25) is 4.90 Å². The van der Waals surface area contributed by atoms with Crippen LogP contribution in [0, 0.1) is 19.8 Å². The van der Waals surface area contributed by atoms with Crippen LogP contribution in [0.15, 0.2) is 10.0 Å². The fourth-order valence-corrected chi connectivity index (χ4v) is 4.06. The van der Waals surface area contributed by atoms with Crippen LogP contribution in [0.5, 0.6) is 0 Å². The van der Waals surface area contributed by atoms with Gasteiger partial charge >= 0.3 is 0 Å². The largest absolute Gasteiger partial charge is 0.361 e. The average Bonchev–Trinajstić information content (AvgIpc) is 3.25. The van der Waals surface area contributed by atoms with Gasteiger partial charge in [0.25, 0.3) is 0 Å². The van der Waals surface area contributed by atoms with E-state index in [2.05, 4.69) is 34.2 Å². The highest BCUT2D eigenvalue weighted by Crippen LogP contribution is 2.22. The standard InChI is InChI=1S/C17H26N4OS/c1-4-16-15(13(3)22-20-16)9-21(8-14-5-6-18-7-14)10-17-12(2)19-11-23-17/h11,14,18H,4-10H2,1-3H3/t14-/m0/s1. The zero-order valence-electron chi connectivity index (χ0n) is 14.3. The molecule has 0 bridgehead atoms. The zero-order chi connectivity index (χ0) is 16.2. The van der Waals surface area contributed by atoms with Crippen molar-refractivity contribution in [3.8, 4) is 0 Å². The van der Waals surface area contributed by atoms with Gasteiger partial charge in [-0.05, 0) is 45.7 Å². The third kappa shape index (κ3) is 4.00. The molecule has 0 saturated carbocycles. The Morgan fingerprint density at radius 3 is 2.91 bits per heavy atom. The van der Waals surface area contributed by atoms with E-state index in [-0.39, 0.29) is 0 Å². The summed E-state index contributed by atoms with van der Waals surface area (Å²) >= 11 is 1.76. The van der Waals surface area contributed by atoms with Gasteiger partial charge in [0.05, 0.1) is 16.9 Å². The number of nitrogens with zero attached hydrogens (tertiary/aromatic N) is 3. The summed E-state index contributed by atoms with van der Waals surface area (Å²) in [5.41, 5.74) is 5.46. The molecule has 2 aromatic heterocycles. The number of hydrogen-bond acceptors (Lipinski definition) is 6. The highest BCUT2D eigenvalue weighted by atomic mass is 32.1. The smallest absolute Gasteiger partial charge is 0.138 e. The summed E-state index contributed by atoms with van der Waals surface area (Å²) in [5.74, 6) is 1.69. The summed E-state index contributed by atoms with van der Waals surface area (Å²) < 4.78 is 5.42. The molecule has 1 atom stereocenters. The third-order valence-corrected chi connectivity index (χ3v) is 5.59. The van der Waals surface area contributed by atoms with E-state index in [0.29, 0.717) is 0 Å². The van der Waals surface area contributed by atoms with Gasteiger partial charge in [-0.25, -0.2) is 4.98 Å². The fraction of sp³-hybridized carbons (Fsp3) is 0.647. The van der Waals surface area contributed by atoms with E-state index in [4.69, 9.17) is 4.52 Å². The summed E-state index contributed by atoms with van der Waals surface area (Å²) in [6, 6.07) is 0. The van der Waals surface area contributed by atoms with Gasteiger partial charge in [0.2, 0.25) is 0 Å². The van der Waals surface area contributed by atoms with Crippen LogP contribution >= 0.6 is 11.3 Å². The van der Waals surface area contributed by atoms with Gasteiger partial charge in [0.15, 0.2) is 0 Å². The second-order valence-electron chi connectivity index (χ2n) is 6.41. The molecule has 0 radical (unpaired) electrons. The molecular weight excluding hydrogens is 308 g/mol. The first-order valence-corrected chi connectivity index (χ1v) is 9.31. The Bertz CT molecular complexity index is 630. The van der Waals surface area contributed by atoms with Crippen molar-refractivity contribution in [2.24, 2.45) is 5.92 Å². The first-order valence-electron chi connectivity index (χ1n) is 8.43. The van der Waals surface area contributed by atoms with E-state index in [9.17, 15) is 0 Å². The molecule has 3 rings (SSSR count). The Morgan fingerprint density at radius 2 is 2.26 bits per heavy atom. The van der Waals surface area contributed by atoms with Crippen LogP contribution in [0.3, 0.4) is 0 Å². The number of hydrogen-bond donors (Lipinski definition) is 1. The van der Waals surface area contributed by atoms with Crippen molar-refractivity contribution in [3.63, 3.8) is 0 Å². The van der Waals surface area contributed by atoms with Crippen LogP contribution in [0.1, 0.15) is 40.9 Å². The van der Waals surface area contributed by atoms with Crippen LogP contribution in [-0.4, -0.2) is 34.7 Å². The summed E-state index contributed by atoms with van der Waals surface area (Å²) in [7, 11) is 0. The Hall–Kier alpha value is -1.24. The average molecular weight is 334 g/mol. The minimum absolute atomic E-state index is 0.730. The maximum Gasteiger partial charge on any atom is 0.138 e. The third-order valence-electron chi connectivity index (χ3n) is 4.67. The van der Waals surface area contributed by atoms with Gasteiger partial charge in [-0.15, -0.1) is 11.3 Å². The molecule has 1 aliphatic rings. The summed E-state index contributed by atoms with van der Waals surface area (Å²) in [4.78, 5) is 8.30. The molecule has 1 saturated heterocycles. The molecule has 3 heterocycles. The van der Waals surface area contributed by atoms with Gasteiger partial charge in [-0.2, -0.15) is 0 Å². The molecule has 0 amide bonds. The molecule has 1 fully saturated rings. The lowest BCUT2D eigenvalue weighted by Gasteiger charge is -2.25. The quantitative estimate of drug-likeness (QED) is 0.844. The Labute approximate surface area is 142 Å².